The third-order valence-electron chi connectivity index (χ3n) is 4.18. The summed E-state index contributed by atoms with van der Waals surface area (Å²) >= 11 is 0. The summed E-state index contributed by atoms with van der Waals surface area (Å²) in [7, 11) is 0. The van der Waals surface area contributed by atoms with Gasteiger partial charge in [-0.1, -0.05) is 77.6 Å². The van der Waals surface area contributed by atoms with E-state index in [1.54, 1.807) is 0 Å². The van der Waals surface area contributed by atoms with E-state index in [0.29, 0.717) is 5.92 Å². The monoisotopic (exact) mass is 242 g/mol. The first-order valence-corrected chi connectivity index (χ1v) is 7.97. The average molecular weight is 242 g/mol. The Morgan fingerprint density at radius 2 is 1.59 bits per heavy atom. The van der Waals surface area contributed by atoms with Crippen LogP contribution < -0.4 is 0 Å². The van der Waals surface area contributed by atoms with Crippen molar-refractivity contribution in [3.8, 4) is 0 Å². The zero-order chi connectivity index (χ0) is 12.3. The van der Waals surface area contributed by atoms with Crippen LogP contribution in [0.4, 0.5) is 4.39 Å². The van der Waals surface area contributed by atoms with Crippen LogP contribution in [0.15, 0.2) is 0 Å². The van der Waals surface area contributed by atoms with E-state index >= 15 is 0 Å². The summed E-state index contributed by atoms with van der Waals surface area (Å²) in [5, 5.41) is 0. The van der Waals surface area contributed by atoms with E-state index in [4.69, 9.17) is 0 Å². The molecule has 0 aliphatic heterocycles. The molecule has 1 aliphatic carbocycles. The van der Waals surface area contributed by atoms with Crippen molar-refractivity contribution in [3.05, 3.63) is 0 Å². The minimum absolute atomic E-state index is 0.510. The van der Waals surface area contributed by atoms with Crippen LogP contribution in [-0.2, 0) is 0 Å². The van der Waals surface area contributed by atoms with E-state index in [9.17, 15) is 4.39 Å². The van der Waals surface area contributed by atoms with Crippen molar-refractivity contribution in [1.29, 1.82) is 0 Å². The molecule has 17 heavy (non-hydrogen) atoms. The first-order chi connectivity index (χ1) is 8.33. The molecule has 1 unspecified atom stereocenters. The lowest BCUT2D eigenvalue weighted by atomic mass is 9.85. The summed E-state index contributed by atoms with van der Waals surface area (Å²) in [5.41, 5.74) is 0. The number of hydrogen-bond acceptors (Lipinski definition) is 0. The van der Waals surface area contributed by atoms with Crippen LogP contribution in [0, 0.1) is 5.92 Å². The summed E-state index contributed by atoms with van der Waals surface area (Å²) in [6, 6.07) is 0. The van der Waals surface area contributed by atoms with Crippen LogP contribution in [0.1, 0.15) is 90.4 Å². The van der Waals surface area contributed by atoms with Crippen molar-refractivity contribution in [2.75, 3.05) is 0 Å². The molecule has 1 atom stereocenters. The van der Waals surface area contributed by atoms with Crippen molar-refractivity contribution in [2.24, 2.45) is 5.92 Å². The normalized spacial score (nSPS) is 19.4. The zero-order valence-electron chi connectivity index (χ0n) is 11.7. The molecule has 102 valence electrons. The first kappa shape index (κ1) is 15.0. The fraction of sp³-hybridized carbons (Fsp3) is 1.00. The summed E-state index contributed by atoms with van der Waals surface area (Å²) in [5.74, 6) is 0.707. The van der Waals surface area contributed by atoms with Crippen molar-refractivity contribution in [2.45, 2.75) is 96.6 Å². The lowest BCUT2D eigenvalue weighted by molar-refractivity contribution is 0.216. The predicted molar refractivity (Wildman–Crippen MR) is 74.1 cm³/mol. The zero-order valence-corrected chi connectivity index (χ0v) is 11.7. The number of alkyl halides is 1. The molecule has 1 fully saturated rings. The molecular formula is C16H31F. The van der Waals surface area contributed by atoms with Gasteiger partial charge < -0.3 is 0 Å². The molecule has 0 bridgehead atoms. The Bertz CT molecular complexity index is 161. The standard InChI is InChI=1S/C16H31F/c1-2-3-4-5-6-10-13-16(17)14-15-11-8-7-9-12-15/h15-16H,2-14H2,1H3. The number of unbranched alkanes of at least 4 members (excludes halogenated alkanes) is 5. The Labute approximate surface area is 107 Å². The summed E-state index contributed by atoms with van der Waals surface area (Å²) in [6.07, 6.45) is 15.5. The van der Waals surface area contributed by atoms with E-state index in [1.165, 1.54) is 64.2 Å². The maximum atomic E-state index is 13.8. The molecule has 0 aromatic carbocycles. The number of hydrogen-bond donors (Lipinski definition) is 0. The van der Waals surface area contributed by atoms with Gasteiger partial charge in [0.2, 0.25) is 0 Å². The Morgan fingerprint density at radius 3 is 2.29 bits per heavy atom. The lowest BCUT2D eigenvalue weighted by Gasteiger charge is -2.23. The van der Waals surface area contributed by atoms with Gasteiger partial charge in [-0.25, -0.2) is 4.39 Å². The molecule has 0 spiro atoms. The summed E-state index contributed by atoms with van der Waals surface area (Å²) < 4.78 is 13.8. The Balaban J connectivity index is 1.91. The third-order valence-corrected chi connectivity index (χ3v) is 4.18. The molecule has 0 saturated heterocycles. The largest absolute Gasteiger partial charge is 0.247 e. The Morgan fingerprint density at radius 1 is 0.941 bits per heavy atom. The van der Waals surface area contributed by atoms with Gasteiger partial charge in [-0.15, -0.1) is 0 Å². The minimum atomic E-state index is -0.510. The molecule has 0 amide bonds. The molecule has 0 N–H and O–H groups in total. The van der Waals surface area contributed by atoms with Gasteiger partial charge in [0.05, 0.1) is 0 Å². The predicted octanol–water partition coefficient (Wildman–Crippen LogP) is 6.05. The van der Waals surface area contributed by atoms with Crippen LogP contribution in [0.25, 0.3) is 0 Å². The molecular weight excluding hydrogens is 211 g/mol. The second-order valence-electron chi connectivity index (χ2n) is 5.89. The van der Waals surface area contributed by atoms with E-state index in [0.717, 1.165) is 19.3 Å². The molecule has 0 aromatic heterocycles. The highest BCUT2D eigenvalue weighted by Gasteiger charge is 2.18. The second-order valence-corrected chi connectivity index (χ2v) is 5.89. The van der Waals surface area contributed by atoms with Crippen LogP contribution in [0.5, 0.6) is 0 Å². The van der Waals surface area contributed by atoms with E-state index in [2.05, 4.69) is 6.92 Å². The van der Waals surface area contributed by atoms with Crippen LogP contribution in [0.3, 0.4) is 0 Å². The van der Waals surface area contributed by atoms with Gasteiger partial charge in [0.25, 0.3) is 0 Å². The Kier molecular flexibility index (Phi) is 8.74. The number of rotatable bonds is 9. The van der Waals surface area contributed by atoms with Gasteiger partial charge in [-0.2, -0.15) is 0 Å². The number of halogens is 1. The van der Waals surface area contributed by atoms with Gasteiger partial charge in [-0.05, 0) is 18.8 Å². The molecule has 0 heterocycles. The molecule has 1 rings (SSSR count). The maximum Gasteiger partial charge on any atom is 0.100 e. The minimum Gasteiger partial charge on any atom is -0.247 e. The second kappa shape index (κ2) is 9.91. The highest BCUT2D eigenvalue weighted by atomic mass is 19.1. The smallest absolute Gasteiger partial charge is 0.100 e. The fourth-order valence-corrected chi connectivity index (χ4v) is 3.05. The maximum absolute atomic E-state index is 13.8. The Hall–Kier alpha value is -0.0700. The highest BCUT2D eigenvalue weighted by Crippen LogP contribution is 2.29. The van der Waals surface area contributed by atoms with Gasteiger partial charge in [0.1, 0.15) is 6.17 Å². The molecule has 1 heteroatoms. The van der Waals surface area contributed by atoms with Crippen molar-refractivity contribution < 1.29 is 4.39 Å². The van der Waals surface area contributed by atoms with Crippen LogP contribution >= 0.6 is 0 Å². The van der Waals surface area contributed by atoms with Crippen molar-refractivity contribution in [3.63, 3.8) is 0 Å². The molecule has 1 aliphatic rings. The van der Waals surface area contributed by atoms with Crippen LogP contribution in [-0.4, -0.2) is 6.17 Å². The SMILES string of the molecule is CCCCCCCCC(F)CC1CCCCC1. The van der Waals surface area contributed by atoms with Gasteiger partial charge in [0.15, 0.2) is 0 Å². The summed E-state index contributed by atoms with van der Waals surface area (Å²) in [4.78, 5) is 0. The van der Waals surface area contributed by atoms with Crippen LogP contribution in [0.2, 0.25) is 0 Å². The average Bonchev–Trinajstić information content (AvgIpc) is 2.35. The molecule has 1 saturated carbocycles. The third kappa shape index (κ3) is 7.78. The van der Waals surface area contributed by atoms with E-state index in [1.807, 2.05) is 0 Å². The lowest BCUT2D eigenvalue weighted by Crippen LogP contribution is -2.12. The highest BCUT2D eigenvalue weighted by molar-refractivity contribution is 4.70. The quantitative estimate of drug-likeness (QED) is 0.432. The van der Waals surface area contributed by atoms with Crippen molar-refractivity contribution >= 4 is 0 Å². The fourth-order valence-electron chi connectivity index (χ4n) is 3.05. The molecule has 0 nitrogen and oxygen atoms in total. The van der Waals surface area contributed by atoms with Gasteiger partial charge in [0, 0.05) is 0 Å². The first-order valence-electron chi connectivity index (χ1n) is 7.97. The molecule has 0 radical (unpaired) electrons. The van der Waals surface area contributed by atoms with E-state index in [-0.39, 0.29) is 0 Å². The van der Waals surface area contributed by atoms with Gasteiger partial charge >= 0.3 is 0 Å². The van der Waals surface area contributed by atoms with Gasteiger partial charge in [-0.3, -0.25) is 0 Å². The molecule has 0 aromatic rings. The summed E-state index contributed by atoms with van der Waals surface area (Å²) in [6.45, 7) is 2.24. The van der Waals surface area contributed by atoms with E-state index < -0.39 is 6.17 Å². The van der Waals surface area contributed by atoms with Crippen molar-refractivity contribution in [1.82, 2.24) is 0 Å². The topological polar surface area (TPSA) is 0 Å².